The summed E-state index contributed by atoms with van der Waals surface area (Å²) in [6.45, 7) is 4.37. The van der Waals surface area contributed by atoms with Gasteiger partial charge < -0.3 is 15.0 Å². The molecule has 4 rings (SSSR count). The van der Waals surface area contributed by atoms with Crippen molar-refractivity contribution in [2.75, 3.05) is 17.8 Å². The molecule has 0 radical (unpaired) electrons. The predicted molar refractivity (Wildman–Crippen MR) is 155 cm³/mol. The van der Waals surface area contributed by atoms with Crippen molar-refractivity contribution in [2.24, 2.45) is 0 Å². The van der Waals surface area contributed by atoms with E-state index in [9.17, 15) is 9.18 Å². The Kier molecular flexibility index (Phi) is 9.31. The van der Waals surface area contributed by atoms with Crippen LogP contribution in [0.15, 0.2) is 94.9 Å². The second kappa shape index (κ2) is 12.8. The molecule has 3 aromatic carbocycles. The monoisotopic (exact) mass is 547 g/mol. The first kappa shape index (κ1) is 27.5. The van der Waals surface area contributed by atoms with Gasteiger partial charge in [0.05, 0.1) is 11.7 Å². The van der Waals surface area contributed by atoms with Gasteiger partial charge in [-0.3, -0.25) is 0 Å². The lowest BCUT2D eigenvalue weighted by molar-refractivity contribution is 0.189. The summed E-state index contributed by atoms with van der Waals surface area (Å²) in [5.41, 5.74) is 3.63. The van der Waals surface area contributed by atoms with Gasteiger partial charge in [0.25, 0.3) is 0 Å². The Balaban J connectivity index is 1.59. The van der Waals surface area contributed by atoms with E-state index < -0.39 is 0 Å². The Morgan fingerprint density at radius 3 is 2.21 bits per heavy atom. The van der Waals surface area contributed by atoms with Gasteiger partial charge in [0.2, 0.25) is 0 Å². The number of carbonyl (C=O) groups is 1. The molecular weight excluding hydrogens is 517 g/mol. The van der Waals surface area contributed by atoms with E-state index in [4.69, 9.17) is 4.74 Å². The molecule has 0 aliphatic carbocycles. The molecule has 1 heterocycles. The molecule has 0 bridgehead atoms. The lowest BCUT2D eigenvalue weighted by Crippen LogP contribution is -2.37. The number of aryl methyl sites for hydroxylation is 1. The smallest absolute Gasteiger partial charge is 0.322 e. The van der Waals surface area contributed by atoms with E-state index in [1.54, 1.807) is 23.9 Å². The number of halogens is 1. The van der Waals surface area contributed by atoms with Crippen LogP contribution in [0.1, 0.15) is 29.8 Å². The molecule has 0 unspecified atom stereocenters. The predicted octanol–water partition coefficient (Wildman–Crippen LogP) is 8.56. The molecule has 1 atom stereocenters. The first-order valence-electron chi connectivity index (χ1n) is 12.1. The minimum Gasteiger partial charge on any atom is -0.457 e. The zero-order valence-corrected chi connectivity index (χ0v) is 23.4. The van der Waals surface area contributed by atoms with Crippen LogP contribution in [0.25, 0.3) is 0 Å². The van der Waals surface area contributed by atoms with Crippen molar-refractivity contribution in [2.45, 2.75) is 36.4 Å². The third-order valence-electron chi connectivity index (χ3n) is 6.06. The Labute approximate surface area is 231 Å². The number of urea groups is 1. The Bertz CT molecular complexity index is 1340. The SMILES string of the molecule is CSc1cc(C)nc(SC)c1NC(=O)N(Cc1ccc(Oc2ccc(F)cc2)cc1)[C@@H](C)c1ccccc1. The fourth-order valence-corrected chi connectivity index (χ4v) is 5.32. The summed E-state index contributed by atoms with van der Waals surface area (Å²) in [5.74, 6) is 0.875. The van der Waals surface area contributed by atoms with Crippen molar-refractivity contribution >= 4 is 35.2 Å². The Morgan fingerprint density at radius 2 is 1.61 bits per heavy atom. The number of benzene rings is 3. The number of nitrogens with zero attached hydrogens (tertiary/aromatic N) is 2. The molecular formula is C30H30FN3O2S2. The highest BCUT2D eigenvalue weighted by Gasteiger charge is 2.24. The lowest BCUT2D eigenvalue weighted by Gasteiger charge is -2.30. The van der Waals surface area contributed by atoms with Crippen molar-refractivity contribution in [3.05, 3.63) is 108 Å². The number of ether oxygens (including phenoxy) is 1. The summed E-state index contributed by atoms with van der Waals surface area (Å²) in [6.07, 6.45) is 3.95. The molecule has 0 aliphatic heterocycles. The number of rotatable bonds is 9. The second-order valence-corrected chi connectivity index (χ2v) is 10.3. The van der Waals surface area contributed by atoms with Gasteiger partial charge in [-0.05, 0) is 80.0 Å². The van der Waals surface area contributed by atoms with Crippen LogP contribution in [0.3, 0.4) is 0 Å². The fourth-order valence-electron chi connectivity index (χ4n) is 4.01. The van der Waals surface area contributed by atoms with Crippen LogP contribution < -0.4 is 10.1 Å². The normalized spacial score (nSPS) is 11.6. The molecule has 4 aromatic rings. The van der Waals surface area contributed by atoms with Gasteiger partial charge in [-0.15, -0.1) is 23.5 Å². The summed E-state index contributed by atoms with van der Waals surface area (Å²) < 4.78 is 19.0. The highest BCUT2D eigenvalue weighted by Crippen LogP contribution is 2.35. The minimum absolute atomic E-state index is 0.180. The third-order valence-corrected chi connectivity index (χ3v) is 7.50. The highest BCUT2D eigenvalue weighted by molar-refractivity contribution is 7.99. The average Bonchev–Trinajstić information content (AvgIpc) is 2.94. The first-order valence-corrected chi connectivity index (χ1v) is 14.6. The van der Waals surface area contributed by atoms with Gasteiger partial charge in [-0.25, -0.2) is 14.2 Å². The van der Waals surface area contributed by atoms with Crippen LogP contribution in [0.2, 0.25) is 0 Å². The fraction of sp³-hybridized carbons (Fsp3) is 0.200. The van der Waals surface area contributed by atoms with E-state index in [1.807, 2.05) is 91.9 Å². The quantitative estimate of drug-likeness (QED) is 0.213. The van der Waals surface area contributed by atoms with Crippen LogP contribution in [0.5, 0.6) is 11.5 Å². The summed E-state index contributed by atoms with van der Waals surface area (Å²) >= 11 is 3.10. The number of hydrogen-bond donors (Lipinski definition) is 1. The maximum atomic E-state index is 13.8. The van der Waals surface area contributed by atoms with Crippen molar-refractivity contribution in [1.29, 1.82) is 0 Å². The van der Waals surface area contributed by atoms with Crippen molar-refractivity contribution < 1.29 is 13.9 Å². The van der Waals surface area contributed by atoms with E-state index in [-0.39, 0.29) is 17.9 Å². The summed E-state index contributed by atoms with van der Waals surface area (Å²) in [6, 6.07) is 25.0. The molecule has 0 saturated carbocycles. The Morgan fingerprint density at radius 1 is 0.974 bits per heavy atom. The molecule has 0 aliphatic rings. The lowest BCUT2D eigenvalue weighted by atomic mass is 10.1. The molecule has 1 N–H and O–H groups in total. The van der Waals surface area contributed by atoms with Crippen LogP contribution in [0.4, 0.5) is 14.9 Å². The van der Waals surface area contributed by atoms with Crippen LogP contribution >= 0.6 is 23.5 Å². The first-order chi connectivity index (χ1) is 18.4. The molecule has 0 fully saturated rings. The number of nitrogens with one attached hydrogen (secondary N) is 1. The van der Waals surface area contributed by atoms with Crippen molar-refractivity contribution in [3.8, 4) is 11.5 Å². The topological polar surface area (TPSA) is 54.5 Å². The van der Waals surface area contributed by atoms with Crippen molar-refractivity contribution in [3.63, 3.8) is 0 Å². The summed E-state index contributed by atoms with van der Waals surface area (Å²) in [4.78, 5) is 21.2. The largest absolute Gasteiger partial charge is 0.457 e. The molecule has 1 aromatic heterocycles. The maximum absolute atomic E-state index is 13.8. The van der Waals surface area contributed by atoms with Gasteiger partial charge in [-0.1, -0.05) is 42.5 Å². The van der Waals surface area contributed by atoms with Gasteiger partial charge in [0.15, 0.2) is 0 Å². The zero-order chi connectivity index (χ0) is 27.1. The van der Waals surface area contributed by atoms with Crippen LogP contribution in [-0.4, -0.2) is 28.4 Å². The van der Waals surface area contributed by atoms with E-state index >= 15 is 0 Å². The van der Waals surface area contributed by atoms with Gasteiger partial charge >= 0.3 is 6.03 Å². The average molecular weight is 548 g/mol. The maximum Gasteiger partial charge on any atom is 0.322 e. The number of aromatic nitrogens is 1. The zero-order valence-electron chi connectivity index (χ0n) is 21.8. The molecule has 0 saturated heterocycles. The molecule has 0 spiro atoms. The highest BCUT2D eigenvalue weighted by atomic mass is 32.2. The number of pyridine rings is 1. The second-order valence-electron chi connectivity index (χ2n) is 8.69. The Hall–Kier alpha value is -3.49. The van der Waals surface area contributed by atoms with Gasteiger partial charge in [-0.2, -0.15) is 0 Å². The van der Waals surface area contributed by atoms with Gasteiger partial charge in [0, 0.05) is 17.1 Å². The van der Waals surface area contributed by atoms with E-state index in [0.29, 0.717) is 18.0 Å². The van der Waals surface area contributed by atoms with Crippen LogP contribution in [0, 0.1) is 12.7 Å². The summed E-state index contributed by atoms with van der Waals surface area (Å²) in [7, 11) is 0. The van der Waals surface area contributed by atoms with Gasteiger partial charge in [0.1, 0.15) is 22.3 Å². The molecule has 8 heteroatoms. The molecule has 5 nitrogen and oxygen atoms in total. The molecule has 38 heavy (non-hydrogen) atoms. The molecule has 2 amide bonds. The molecule has 196 valence electrons. The van der Waals surface area contributed by atoms with E-state index in [0.717, 1.165) is 32.4 Å². The number of anilines is 1. The number of amides is 2. The third kappa shape index (κ3) is 6.88. The van der Waals surface area contributed by atoms with E-state index in [2.05, 4.69) is 10.3 Å². The van der Waals surface area contributed by atoms with Crippen LogP contribution in [-0.2, 0) is 6.54 Å². The number of hydrogen-bond acceptors (Lipinski definition) is 5. The number of thioether (sulfide) groups is 2. The standard InChI is InChI=1S/C30H30FN3O2S2/c1-20-18-27(37-3)28(29(32-20)38-4)33-30(35)34(21(2)23-8-6-5-7-9-23)19-22-10-14-25(15-11-22)36-26-16-12-24(31)13-17-26/h5-18,21H,19H2,1-4H3,(H,33,35)/t21-/m0/s1. The van der Waals surface area contributed by atoms with E-state index in [1.165, 1.54) is 23.9 Å². The number of carbonyl (C=O) groups excluding carboxylic acids is 1. The minimum atomic E-state index is -0.311. The van der Waals surface area contributed by atoms with Crippen molar-refractivity contribution in [1.82, 2.24) is 9.88 Å². The summed E-state index contributed by atoms with van der Waals surface area (Å²) in [5, 5.41) is 3.94.